The van der Waals surface area contributed by atoms with Gasteiger partial charge in [-0.15, -0.1) is 0 Å². The predicted molar refractivity (Wildman–Crippen MR) is 78.5 cm³/mol. The van der Waals surface area contributed by atoms with Gasteiger partial charge in [-0.05, 0) is 37.3 Å². The summed E-state index contributed by atoms with van der Waals surface area (Å²) in [6.45, 7) is 4.16. The van der Waals surface area contributed by atoms with Crippen LogP contribution < -0.4 is 0 Å². The number of benzene rings is 1. The Morgan fingerprint density at radius 2 is 1.67 bits per heavy atom. The molecule has 18 heavy (non-hydrogen) atoms. The van der Waals surface area contributed by atoms with Crippen LogP contribution in [-0.2, 0) is 4.74 Å². The third-order valence-electron chi connectivity index (χ3n) is 3.40. The topological polar surface area (TPSA) is 12.5 Å². The predicted octanol–water partition coefficient (Wildman–Crippen LogP) is 5.97. The van der Waals surface area contributed by atoms with Crippen molar-refractivity contribution in [3.8, 4) is 0 Å². The number of halogens is 4. The van der Waals surface area contributed by atoms with Crippen LogP contribution in [0.2, 0.25) is 20.1 Å². The van der Waals surface area contributed by atoms with Gasteiger partial charge in [-0.2, -0.15) is 0 Å². The summed E-state index contributed by atoms with van der Waals surface area (Å²) in [6, 6.07) is 1.58. The van der Waals surface area contributed by atoms with E-state index in [-0.39, 0.29) is 5.92 Å². The number of rotatable bonds is 4. The second-order valence-corrected chi connectivity index (χ2v) is 6.17. The van der Waals surface area contributed by atoms with Gasteiger partial charge in [0.1, 0.15) is 0 Å². The Hall–Kier alpha value is 0.340. The van der Waals surface area contributed by atoms with Crippen molar-refractivity contribution < 1.29 is 4.74 Å². The standard InChI is InChI=1S/C13H14Cl4O/c1-3-7(4-10-6(2)18-10)11-12(16)8(14)5-9(15)13(11)17/h5-7,10H,3-4H2,1-2H3. The molecule has 1 aromatic rings. The van der Waals surface area contributed by atoms with E-state index in [0.29, 0.717) is 32.3 Å². The zero-order chi connectivity index (χ0) is 13.4. The Morgan fingerprint density at radius 1 is 1.17 bits per heavy atom. The number of hydrogen-bond acceptors (Lipinski definition) is 1. The molecular formula is C13H14Cl4O. The fourth-order valence-corrected chi connectivity index (χ4v) is 3.33. The highest BCUT2D eigenvalue weighted by atomic mass is 35.5. The number of hydrogen-bond donors (Lipinski definition) is 0. The molecule has 3 atom stereocenters. The average molecular weight is 328 g/mol. The second-order valence-electron chi connectivity index (χ2n) is 4.60. The van der Waals surface area contributed by atoms with E-state index in [9.17, 15) is 0 Å². The third kappa shape index (κ3) is 2.91. The lowest BCUT2D eigenvalue weighted by molar-refractivity contribution is 0.357. The summed E-state index contributed by atoms with van der Waals surface area (Å²) in [5, 5.41) is 1.91. The quantitative estimate of drug-likeness (QED) is 0.490. The van der Waals surface area contributed by atoms with Crippen molar-refractivity contribution in [1.82, 2.24) is 0 Å². The molecule has 1 aliphatic heterocycles. The molecule has 0 saturated carbocycles. The van der Waals surface area contributed by atoms with Crippen molar-refractivity contribution in [2.24, 2.45) is 0 Å². The lowest BCUT2D eigenvalue weighted by Gasteiger charge is -2.19. The van der Waals surface area contributed by atoms with Gasteiger partial charge in [0.15, 0.2) is 0 Å². The van der Waals surface area contributed by atoms with E-state index in [1.54, 1.807) is 6.07 Å². The van der Waals surface area contributed by atoms with Gasteiger partial charge >= 0.3 is 0 Å². The van der Waals surface area contributed by atoms with E-state index >= 15 is 0 Å². The molecule has 1 aliphatic rings. The van der Waals surface area contributed by atoms with Crippen LogP contribution in [0.5, 0.6) is 0 Å². The van der Waals surface area contributed by atoms with Crippen molar-refractivity contribution >= 4 is 46.4 Å². The molecule has 1 aromatic carbocycles. The minimum absolute atomic E-state index is 0.219. The first kappa shape index (κ1) is 14.7. The molecule has 1 nitrogen and oxygen atoms in total. The molecule has 0 N–H and O–H groups in total. The largest absolute Gasteiger partial charge is 0.370 e. The molecule has 0 radical (unpaired) electrons. The molecular weight excluding hydrogens is 314 g/mol. The highest BCUT2D eigenvalue weighted by Crippen LogP contribution is 2.45. The zero-order valence-corrected chi connectivity index (χ0v) is 13.2. The van der Waals surface area contributed by atoms with Gasteiger partial charge in [-0.3, -0.25) is 0 Å². The number of epoxide rings is 1. The Morgan fingerprint density at radius 3 is 2.06 bits per heavy atom. The molecule has 1 fully saturated rings. The van der Waals surface area contributed by atoms with Crippen LogP contribution in [0.25, 0.3) is 0 Å². The van der Waals surface area contributed by atoms with Crippen LogP contribution in [0.4, 0.5) is 0 Å². The SMILES string of the molecule is CCC(CC1OC1C)c1c(Cl)c(Cl)cc(Cl)c1Cl. The van der Waals surface area contributed by atoms with E-state index in [4.69, 9.17) is 51.1 Å². The normalized spacial score (nSPS) is 24.1. The lowest BCUT2D eigenvalue weighted by Crippen LogP contribution is -2.05. The lowest BCUT2D eigenvalue weighted by atomic mass is 9.91. The van der Waals surface area contributed by atoms with Gasteiger partial charge in [-0.25, -0.2) is 0 Å². The zero-order valence-electron chi connectivity index (χ0n) is 10.1. The summed E-state index contributed by atoms with van der Waals surface area (Å²) in [4.78, 5) is 0. The van der Waals surface area contributed by atoms with E-state index in [1.807, 2.05) is 0 Å². The van der Waals surface area contributed by atoms with Gasteiger partial charge in [0.25, 0.3) is 0 Å². The molecule has 0 aliphatic carbocycles. The van der Waals surface area contributed by atoms with Crippen molar-refractivity contribution in [2.75, 3.05) is 0 Å². The summed E-state index contributed by atoms with van der Waals surface area (Å²) >= 11 is 24.7. The molecule has 100 valence electrons. The molecule has 0 bridgehead atoms. The van der Waals surface area contributed by atoms with Gasteiger partial charge in [0.05, 0.1) is 32.3 Å². The van der Waals surface area contributed by atoms with E-state index in [0.717, 1.165) is 18.4 Å². The van der Waals surface area contributed by atoms with Crippen molar-refractivity contribution in [3.63, 3.8) is 0 Å². The third-order valence-corrected chi connectivity index (χ3v) is 5.00. The van der Waals surface area contributed by atoms with Gasteiger partial charge in [0.2, 0.25) is 0 Å². The van der Waals surface area contributed by atoms with E-state index in [1.165, 1.54) is 0 Å². The highest BCUT2D eigenvalue weighted by molar-refractivity contribution is 6.48. The molecule has 0 aromatic heterocycles. The average Bonchev–Trinajstić information content (AvgIpc) is 3.01. The maximum atomic E-state index is 6.27. The number of ether oxygens (including phenoxy) is 1. The Kier molecular flexibility index (Phi) is 4.72. The summed E-state index contributed by atoms with van der Waals surface area (Å²) in [7, 11) is 0. The Bertz CT molecular complexity index is 435. The van der Waals surface area contributed by atoms with Crippen LogP contribution in [-0.4, -0.2) is 12.2 Å². The smallest absolute Gasteiger partial charge is 0.0844 e. The van der Waals surface area contributed by atoms with Gasteiger partial charge in [-0.1, -0.05) is 53.3 Å². The Balaban J connectivity index is 2.34. The van der Waals surface area contributed by atoms with Crippen molar-refractivity contribution in [3.05, 3.63) is 31.7 Å². The van der Waals surface area contributed by atoms with Gasteiger partial charge in [0, 0.05) is 0 Å². The molecule has 0 amide bonds. The summed E-state index contributed by atoms with van der Waals surface area (Å²) in [6.07, 6.45) is 2.43. The summed E-state index contributed by atoms with van der Waals surface area (Å²) in [5.41, 5.74) is 0.848. The van der Waals surface area contributed by atoms with Crippen LogP contribution in [0.1, 0.15) is 38.2 Å². The minimum Gasteiger partial charge on any atom is -0.370 e. The monoisotopic (exact) mass is 326 g/mol. The van der Waals surface area contributed by atoms with Crippen LogP contribution in [0.15, 0.2) is 6.07 Å². The molecule has 1 heterocycles. The van der Waals surface area contributed by atoms with Crippen molar-refractivity contribution in [2.45, 2.75) is 44.8 Å². The van der Waals surface area contributed by atoms with Crippen LogP contribution >= 0.6 is 46.4 Å². The first-order valence-corrected chi connectivity index (χ1v) is 7.45. The first-order valence-electron chi connectivity index (χ1n) is 5.94. The minimum atomic E-state index is 0.219. The first-order chi connectivity index (χ1) is 8.45. The van der Waals surface area contributed by atoms with Gasteiger partial charge < -0.3 is 4.74 Å². The summed E-state index contributed by atoms with van der Waals surface area (Å²) < 4.78 is 5.46. The molecule has 1 saturated heterocycles. The van der Waals surface area contributed by atoms with Crippen molar-refractivity contribution in [1.29, 1.82) is 0 Å². The highest BCUT2D eigenvalue weighted by Gasteiger charge is 2.37. The second kappa shape index (κ2) is 5.76. The fourth-order valence-electron chi connectivity index (χ4n) is 2.20. The van der Waals surface area contributed by atoms with E-state index < -0.39 is 0 Å². The maximum absolute atomic E-state index is 6.27. The Labute approximate surface area is 127 Å². The molecule has 2 rings (SSSR count). The molecule has 3 unspecified atom stereocenters. The fraction of sp³-hybridized carbons (Fsp3) is 0.538. The maximum Gasteiger partial charge on any atom is 0.0844 e. The molecule has 5 heteroatoms. The van der Waals surface area contributed by atoms with Crippen LogP contribution in [0, 0.1) is 0 Å². The van der Waals surface area contributed by atoms with E-state index in [2.05, 4.69) is 13.8 Å². The summed E-state index contributed by atoms with van der Waals surface area (Å²) in [5.74, 6) is 0.219. The molecule has 0 spiro atoms. The van der Waals surface area contributed by atoms with Crippen LogP contribution in [0.3, 0.4) is 0 Å².